The fourth-order valence-corrected chi connectivity index (χ4v) is 4.38. The number of nitrogens with zero attached hydrogens (tertiary/aromatic N) is 1. The number of aliphatic hydroxyl groups excluding tert-OH is 1. The van der Waals surface area contributed by atoms with E-state index in [-0.39, 0.29) is 12.5 Å². The van der Waals surface area contributed by atoms with E-state index < -0.39 is 0 Å². The molecule has 25 heavy (non-hydrogen) atoms. The molecule has 0 unspecified atom stereocenters. The molecule has 0 aliphatic carbocycles. The molecule has 1 aromatic carbocycles. The van der Waals surface area contributed by atoms with Gasteiger partial charge < -0.3 is 15.3 Å². The van der Waals surface area contributed by atoms with Crippen LogP contribution in [0.4, 0.5) is 0 Å². The second-order valence-corrected chi connectivity index (χ2v) is 7.78. The van der Waals surface area contributed by atoms with E-state index in [4.69, 9.17) is 0 Å². The summed E-state index contributed by atoms with van der Waals surface area (Å²) < 4.78 is 0. The highest BCUT2D eigenvalue weighted by molar-refractivity contribution is 7.10. The van der Waals surface area contributed by atoms with Crippen molar-refractivity contribution in [3.05, 3.63) is 46.2 Å². The van der Waals surface area contributed by atoms with Crippen molar-refractivity contribution in [3.63, 3.8) is 0 Å². The average molecular weight is 359 g/mol. The Bertz CT molecular complexity index is 699. The summed E-state index contributed by atoms with van der Waals surface area (Å²) in [5, 5.41) is 14.3. The van der Waals surface area contributed by atoms with E-state index in [9.17, 15) is 9.90 Å². The van der Waals surface area contributed by atoms with E-state index in [2.05, 4.69) is 29.3 Å². The molecular formula is C20H26N2O2S. The molecule has 3 rings (SSSR count). The van der Waals surface area contributed by atoms with Crippen molar-refractivity contribution >= 4 is 17.2 Å². The molecule has 2 N–H and O–H groups in total. The molecule has 2 heterocycles. The summed E-state index contributed by atoms with van der Waals surface area (Å²) in [7, 11) is 0. The summed E-state index contributed by atoms with van der Waals surface area (Å²) in [6.45, 7) is 5.79. The monoisotopic (exact) mass is 358 g/mol. The first-order valence-electron chi connectivity index (χ1n) is 8.94. The van der Waals surface area contributed by atoms with Gasteiger partial charge in [0.2, 0.25) is 0 Å². The lowest BCUT2D eigenvalue weighted by Crippen LogP contribution is -2.41. The largest absolute Gasteiger partial charge is 0.396 e. The number of nitrogens with one attached hydrogen (secondary N) is 1. The van der Waals surface area contributed by atoms with Gasteiger partial charge in [0.05, 0.1) is 5.56 Å². The van der Waals surface area contributed by atoms with Gasteiger partial charge in [0, 0.05) is 42.1 Å². The first-order valence-corrected chi connectivity index (χ1v) is 9.82. The highest BCUT2D eigenvalue weighted by Crippen LogP contribution is 2.32. The number of aliphatic hydroxyl groups is 1. The molecule has 134 valence electrons. The van der Waals surface area contributed by atoms with Gasteiger partial charge in [-0.1, -0.05) is 30.3 Å². The molecule has 1 atom stereocenters. The Kier molecular flexibility index (Phi) is 6.24. The quantitative estimate of drug-likeness (QED) is 0.834. The van der Waals surface area contributed by atoms with Crippen LogP contribution in [-0.4, -0.2) is 48.7 Å². The first kappa shape index (κ1) is 18.1. The summed E-state index contributed by atoms with van der Waals surface area (Å²) >= 11 is 1.62. The number of hydrogen-bond acceptors (Lipinski definition) is 4. The summed E-state index contributed by atoms with van der Waals surface area (Å²) in [5.74, 6) is 0.382. The second-order valence-electron chi connectivity index (χ2n) is 6.69. The molecule has 1 saturated heterocycles. The van der Waals surface area contributed by atoms with Crippen LogP contribution in [0, 0.1) is 12.8 Å². The number of carbonyl (C=O) groups is 1. The van der Waals surface area contributed by atoms with Crippen molar-refractivity contribution in [2.75, 3.05) is 32.8 Å². The molecular weight excluding hydrogens is 332 g/mol. The molecule has 1 amide bonds. The Morgan fingerprint density at radius 3 is 2.92 bits per heavy atom. The minimum atomic E-state index is -0.000999. The SMILES string of the molecule is Cc1scc(C(=O)NCCN2CCC[C@@H](CO)C2)c1-c1ccccc1. The van der Waals surface area contributed by atoms with E-state index >= 15 is 0 Å². The van der Waals surface area contributed by atoms with Crippen molar-refractivity contribution in [2.45, 2.75) is 19.8 Å². The maximum absolute atomic E-state index is 12.7. The lowest BCUT2D eigenvalue weighted by atomic mass is 9.99. The number of carbonyl (C=O) groups excluding carboxylic acids is 1. The Morgan fingerprint density at radius 2 is 2.16 bits per heavy atom. The number of likely N-dealkylation sites (tertiary alicyclic amines) is 1. The fourth-order valence-electron chi connectivity index (χ4n) is 3.51. The third-order valence-corrected chi connectivity index (χ3v) is 5.77. The van der Waals surface area contributed by atoms with Crippen LogP contribution >= 0.6 is 11.3 Å². The maximum Gasteiger partial charge on any atom is 0.252 e. The molecule has 1 fully saturated rings. The number of benzene rings is 1. The minimum absolute atomic E-state index is 0.000999. The van der Waals surface area contributed by atoms with E-state index in [1.807, 2.05) is 23.6 Å². The summed E-state index contributed by atoms with van der Waals surface area (Å²) in [5.41, 5.74) is 2.90. The molecule has 5 heteroatoms. The van der Waals surface area contributed by atoms with Crippen molar-refractivity contribution in [2.24, 2.45) is 5.92 Å². The average Bonchev–Trinajstić information content (AvgIpc) is 3.04. The van der Waals surface area contributed by atoms with E-state index in [0.717, 1.165) is 54.0 Å². The van der Waals surface area contributed by atoms with Gasteiger partial charge in [0.1, 0.15) is 0 Å². The predicted octanol–water partition coefficient (Wildman–Crippen LogP) is 3.16. The van der Waals surface area contributed by atoms with Gasteiger partial charge in [-0.05, 0) is 37.8 Å². The Morgan fingerprint density at radius 1 is 1.36 bits per heavy atom. The minimum Gasteiger partial charge on any atom is -0.396 e. The number of piperidine rings is 1. The lowest BCUT2D eigenvalue weighted by molar-refractivity contribution is 0.0931. The number of amides is 1. The first-order chi connectivity index (χ1) is 12.2. The number of aryl methyl sites for hydroxylation is 1. The standard InChI is InChI=1S/C20H26N2O2S/c1-15-19(17-7-3-2-4-8-17)18(14-25-15)20(24)21-9-11-22-10-5-6-16(12-22)13-23/h2-4,7-8,14,16,23H,5-6,9-13H2,1H3,(H,21,24)/t16-/m1/s1. The Labute approximate surface area is 153 Å². The molecule has 0 spiro atoms. The third kappa shape index (κ3) is 4.48. The van der Waals surface area contributed by atoms with Crippen molar-refractivity contribution in [1.82, 2.24) is 10.2 Å². The highest BCUT2D eigenvalue weighted by Gasteiger charge is 2.20. The topological polar surface area (TPSA) is 52.6 Å². The van der Waals surface area contributed by atoms with E-state index in [1.165, 1.54) is 0 Å². The van der Waals surface area contributed by atoms with Crippen LogP contribution in [-0.2, 0) is 0 Å². The smallest absolute Gasteiger partial charge is 0.252 e. The summed E-state index contributed by atoms with van der Waals surface area (Å²) in [6.07, 6.45) is 2.23. The molecule has 1 aromatic heterocycles. The van der Waals surface area contributed by atoms with Gasteiger partial charge in [-0.15, -0.1) is 11.3 Å². The van der Waals surface area contributed by atoms with Gasteiger partial charge >= 0.3 is 0 Å². The Balaban J connectivity index is 1.59. The molecule has 4 nitrogen and oxygen atoms in total. The van der Waals surface area contributed by atoms with Gasteiger partial charge in [0.15, 0.2) is 0 Å². The normalized spacial score (nSPS) is 18.2. The molecule has 0 radical (unpaired) electrons. The number of hydrogen-bond donors (Lipinski definition) is 2. The van der Waals surface area contributed by atoms with E-state index in [0.29, 0.717) is 12.5 Å². The molecule has 2 aromatic rings. The van der Waals surface area contributed by atoms with Crippen molar-refractivity contribution in [3.8, 4) is 11.1 Å². The summed E-state index contributed by atoms with van der Waals surface area (Å²) in [4.78, 5) is 16.2. The van der Waals surface area contributed by atoms with Gasteiger partial charge in [0.25, 0.3) is 5.91 Å². The number of rotatable bonds is 6. The highest BCUT2D eigenvalue weighted by atomic mass is 32.1. The second kappa shape index (κ2) is 8.61. The van der Waals surface area contributed by atoms with E-state index in [1.54, 1.807) is 11.3 Å². The summed E-state index contributed by atoms with van der Waals surface area (Å²) in [6, 6.07) is 10.1. The van der Waals surface area contributed by atoms with Crippen LogP contribution in [0.5, 0.6) is 0 Å². The van der Waals surface area contributed by atoms with Crippen molar-refractivity contribution in [1.29, 1.82) is 0 Å². The van der Waals surface area contributed by atoms with Crippen LogP contribution in [0.3, 0.4) is 0 Å². The maximum atomic E-state index is 12.7. The zero-order chi connectivity index (χ0) is 17.6. The molecule has 0 bridgehead atoms. The Hall–Kier alpha value is -1.69. The van der Waals surface area contributed by atoms with Gasteiger partial charge in [-0.3, -0.25) is 4.79 Å². The van der Waals surface area contributed by atoms with Crippen molar-refractivity contribution < 1.29 is 9.90 Å². The zero-order valence-corrected chi connectivity index (χ0v) is 15.5. The predicted molar refractivity (Wildman–Crippen MR) is 103 cm³/mol. The zero-order valence-electron chi connectivity index (χ0n) is 14.7. The van der Waals surface area contributed by atoms with Crippen LogP contribution in [0.25, 0.3) is 11.1 Å². The molecule has 0 saturated carbocycles. The third-order valence-electron chi connectivity index (χ3n) is 4.86. The fraction of sp³-hybridized carbons (Fsp3) is 0.450. The van der Waals surface area contributed by atoms with Crippen LogP contribution in [0.15, 0.2) is 35.7 Å². The molecule has 1 aliphatic rings. The number of thiophene rings is 1. The molecule has 1 aliphatic heterocycles. The lowest BCUT2D eigenvalue weighted by Gasteiger charge is -2.31. The van der Waals surface area contributed by atoms with Gasteiger partial charge in [-0.2, -0.15) is 0 Å². The van der Waals surface area contributed by atoms with Gasteiger partial charge in [-0.25, -0.2) is 0 Å². The van der Waals surface area contributed by atoms with Crippen LogP contribution < -0.4 is 5.32 Å². The van der Waals surface area contributed by atoms with Crippen LogP contribution in [0.2, 0.25) is 0 Å². The van der Waals surface area contributed by atoms with Crippen LogP contribution in [0.1, 0.15) is 28.1 Å².